The molecule has 0 bridgehead atoms. The van der Waals surface area contributed by atoms with Crippen molar-refractivity contribution in [3.8, 4) is 0 Å². The lowest BCUT2D eigenvalue weighted by atomic mass is 10.0. The van der Waals surface area contributed by atoms with Crippen LogP contribution in [0.2, 0.25) is 5.02 Å². The van der Waals surface area contributed by atoms with Crippen molar-refractivity contribution in [3.05, 3.63) is 107 Å². The molecule has 0 saturated carbocycles. The third-order valence-corrected chi connectivity index (χ3v) is 5.81. The highest BCUT2D eigenvalue weighted by Crippen LogP contribution is 2.11. The van der Waals surface area contributed by atoms with Crippen LogP contribution >= 0.6 is 23.8 Å². The Morgan fingerprint density at radius 2 is 1.32 bits per heavy atom. The smallest absolute Gasteiger partial charge is 0.328 e. The van der Waals surface area contributed by atoms with Crippen LogP contribution in [0.5, 0.6) is 0 Å². The Morgan fingerprint density at radius 1 is 0.794 bits per heavy atom. The van der Waals surface area contributed by atoms with Gasteiger partial charge in [0.2, 0.25) is 5.91 Å². The summed E-state index contributed by atoms with van der Waals surface area (Å²) in [6, 6.07) is 25.1. The summed E-state index contributed by atoms with van der Waals surface area (Å²) >= 11 is 11.5. The normalized spacial score (nSPS) is 12.3. The fourth-order valence-electron chi connectivity index (χ4n) is 3.55. The summed E-state index contributed by atoms with van der Waals surface area (Å²) in [5.74, 6) is -0.826. The molecular formula is C27H27ClN2O3S. The molecule has 0 aliphatic heterocycles. The third kappa shape index (κ3) is 7.97. The van der Waals surface area contributed by atoms with E-state index in [1.54, 1.807) is 12.1 Å². The highest BCUT2D eigenvalue weighted by atomic mass is 35.5. The van der Waals surface area contributed by atoms with E-state index in [1.807, 2.05) is 72.8 Å². The molecule has 2 atom stereocenters. The van der Waals surface area contributed by atoms with E-state index in [2.05, 4.69) is 10.6 Å². The Bertz CT molecular complexity index is 1090. The molecular weight excluding hydrogens is 468 g/mol. The summed E-state index contributed by atoms with van der Waals surface area (Å²) in [7, 11) is 1.31. The minimum Gasteiger partial charge on any atom is -0.467 e. The molecule has 0 fully saturated rings. The van der Waals surface area contributed by atoms with Gasteiger partial charge in [-0.2, -0.15) is 0 Å². The Balaban J connectivity index is 1.74. The summed E-state index contributed by atoms with van der Waals surface area (Å²) in [5.41, 5.74) is 2.88. The number of methoxy groups -OCH3 is 1. The number of esters is 1. The summed E-state index contributed by atoms with van der Waals surface area (Å²) in [5, 5.41) is 6.70. The first-order valence-electron chi connectivity index (χ1n) is 10.9. The maximum atomic E-state index is 13.3. The minimum absolute atomic E-state index is 0.325. The van der Waals surface area contributed by atoms with Gasteiger partial charge >= 0.3 is 5.97 Å². The van der Waals surface area contributed by atoms with Gasteiger partial charge in [0.15, 0.2) is 0 Å². The van der Waals surface area contributed by atoms with Crippen LogP contribution in [0.1, 0.15) is 16.7 Å². The first-order valence-corrected chi connectivity index (χ1v) is 11.7. The molecule has 3 aromatic rings. The van der Waals surface area contributed by atoms with Crippen molar-refractivity contribution in [2.45, 2.75) is 31.3 Å². The van der Waals surface area contributed by atoms with Gasteiger partial charge in [0.25, 0.3) is 0 Å². The second kappa shape index (κ2) is 12.9. The van der Waals surface area contributed by atoms with Gasteiger partial charge in [0.05, 0.1) is 12.1 Å². The molecule has 0 aromatic heterocycles. The number of nitrogens with one attached hydrogen (secondary N) is 2. The largest absolute Gasteiger partial charge is 0.467 e. The summed E-state index contributed by atoms with van der Waals surface area (Å²) in [4.78, 5) is 26.3. The zero-order chi connectivity index (χ0) is 24.3. The highest BCUT2D eigenvalue weighted by Gasteiger charge is 2.27. The number of amides is 1. The van der Waals surface area contributed by atoms with Gasteiger partial charge in [0.1, 0.15) is 12.1 Å². The number of halogens is 1. The topological polar surface area (TPSA) is 67.4 Å². The van der Waals surface area contributed by atoms with Crippen LogP contribution in [0.4, 0.5) is 0 Å². The Kier molecular flexibility index (Phi) is 9.62. The fourth-order valence-corrected chi connectivity index (χ4v) is 3.98. The molecule has 34 heavy (non-hydrogen) atoms. The fraction of sp³-hybridized carbons (Fsp3) is 0.222. The first-order chi connectivity index (χ1) is 16.4. The predicted octanol–water partition coefficient (Wildman–Crippen LogP) is 4.31. The van der Waals surface area contributed by atoms with E-state index in [9.17, 15) is 9.59 Å². The number of thiocarbonyl (C=S) groups is 1. The number of hydrogen-bond donors (Lipinski definition) is 2. The summed E-state index contributed by atoms with van der Waals surface area (Å²) in [6.07, 6.45) is 1.20. The van der Waals surface area contributed by atoms with Crippen LogP contribution < -0.4 is 10.6 Å². The summed E-state index contributed by atoms with van der Waals surface area (Å²) in [6.45, 7) is 0. The van der Waals surface area contributed by atoms with Crippen molar-refractivity contribution in [1.29, 1.82) is 0 Å². The maximum Gasteiger partial charge on any atom is 0.328 e. The van der Waals surface area contributed by atoms with Crippen molar-refractivity contribution < 1.29 is 14.3 Å². The predicted molar refractivity (Wildman–Crippen MR) is 139 cm³/mol. The number of ether oxygens (including phenoxy) is 1. The molecule has 0 radical (unpaired) electrons. The van der Waals surface area contributed by atoms with Gasteiger partial charge in [-0.1, -0.05) is 96.6 Å². The van der Waals surface area contributed by atoms with E-state index in [-0.39, 0.29) is 5.91 Å². The molecule has 3 rings (SSSR count). The van der Waals surface area contributed by atoms with Crippen LogP contribution in [-0.4, -0.2) is 36.1 Å². The Morgan fingerprint density at radius 3 is 1.85 bits per heavy atom. The monoisotopic (exact) mass is 494 g/mol. The highest BCUT2D eigenvalue weighted by molar-refractivity contribution is 7.80. The maximum absolute atomic E-state index is 13.3. The van der Waals surface area contributed by atoms with Gasteiger partial charge in [0, 0.05) is 24.3 Å². The van der Waals surface area contributed by atoms with E-state index in [0.29, 0.717) is 29.3 Å². The molecule has 176 valence electrons. The van der Waals surface area contributed by atoms with Gasteiger partial charge in [-0.3, -0.25) is 4.79 Å². The van der Waals surface area contributed by atoms with Crippen molar-refractivity contribution in [2.75, 3.05) is 7.11 Å². The average molecular weight is 495 g/mol. The molecule has 0 heterocycles. The molecule has 5 nitrogen and oxygen atoms in total. The zero-order valence-electron chi connectivity index (χ0n) is 18.9. The van der Waals surface area contributed by atoms with Gasteiger partial charge in [-0.15, -0.1) is 0 Å². The van der Waals surface area contributed by atoms with Crippen LogP contribution in [0.3, 0.4) is 0 Å². The molecule has 1 amide bonds. The minimum atomic E-state index is -0.815. The number of carbonyl (C=O) groups is 2. The molecule has 3 aromatic carbocycles. The van der Waals surface area contributed by atoms with Crippen LogP contribution in [-0.2, 0) is 33.6 Å². The number of rotatable bonds is 10. The van der Waals surface area contributed by atoms with Crippen molar-refractivity contribution in [3.63, 3.8) is 0 Å². The number of carbonyl (C=O) groups excluding carboxylic acids is 2. The SMILES string of the molecule is COC(=O)[C@H](Cc1ccccc1)NC(=O)[C@H](Cc1ccccc1)NC(=S)Cc1ccc(Cl)cc1. The second-order valence-electron chi connectivity index (χ2n) is 7.89. The molecule has 0 unspecified atom stereocenters. The number of hydrogen-bond acceptors (Lipinski definition) is 4. The van der Waals surface area contributed by atoms with Gasteiger partial charge in [-0.25, -0.2) is 4.79 Å². The van der Waals surface area contributed by atoms with Crippen LogP contribution in [0.25, 0.3) is 0 Å². The summed E-state index contributed by atoms with van der Waals surface area (Å²) < 4.78 is 4.94. The lowest BCUT2D eigenvalue weighted by Crippen LogP contribution is -2.53. The van der Waals surface area contributed by atoms with Gasteiger partial charge < -0.3 is 15.4 Å². The molecule has 2 N–H and O–H groups in total. The van der Waals surface area contributed by atoms with E-state index >= 15 is 0 Å². The lowest BCUT2D eigenvalue weighted by Gasteiger charge is -2.23. The molecule has 0 aliphatic carbocycles. The Labute approximate surface area is 210 Å². The van der Waals surface area contributed by atoms with Crippen molar-refractivity contribution in [1.82, 2.24) is 10.6 Å². The lowest BCUT2D eigenvalue weighted by molar-refractivity contribution is -0.145. The van der Waals surface area contributed by atoms with E-state index in [4.69, 9.17) is 28.6 Å². The first kappa shape index (κ1) is 25.4. The Hall–Kier alpha value is -3.22. The van der Waals surface area contributed by atoms with Crippen molar-refractivity contribution >= 4 is 40.7 Å². The molecule has 0 saturated heterocycles. The van der Waals surface area contributed by atoms with Crippen molar-refractivity contribution in [2.24, 2.45) is 0 Å². The molecule has 0 aliphatic rings. The number of benzene rings is 3. The average Bonchev–Trinajstić information content (AvgIpc) is 2.85. The quantitative estimate of drug-likeness (QED) is 0.325. The van der Waals surface area contributed by atoms with Crippen LogP contribution in [0.15, 0.2) is 84.9 Å². The van der Waals surface area contributed by atoms with E-state index < -0.39 is 18.1 Å². The van der Waals surface area contributed by atoms with E-state index in [0.717, 1.165) is 16.7 Å². The van der Waals surface area contributed by atoms with Gasteiger partial charge in [-0.05, 0) is 28.8 Å². The zero-order valence-corrected chi connectivity index (χ0v) is 20.4. The second-order valence-corrected chi connectivity index (χ2v) is 8.82. The molecule has 7 heteroatoms. The standard InChI is InChI=1S/C27H27ClN2O3S/c1-33-27(32)24(17-20-10-6-3-7-11-20)30-26(31)23(16-19-8-4-2-5-9-19)29-25(34)18-21-12-14-22(28)15-13-21/h2-15,23-24H,16-18H2,1H3,(H,29,34)(H,30,31)/t23-,24-/m0/s1. The van der Waals surface area contributed by atoms with E-state index in [1.165, 1.54) is 7.11 Å². The molecule has 0 spiro atoms. The van der Waals surface area contributed by atoms with Crippen LogP contribution in [0, 0.1) is 0 Å². The third-order valence-electron chi connectivity index (χ3n) is 5.30.